The van der Waals surface area contributed by atoms with Crippen LogP contribution in [0.1, 0.15) is 18.1 Å². The highest BCUT2D eigenvalue weighted by Gasteiger charge is 2.26. The Bertz CT molecular complexity index is 693. The van der Waals surface area contributed by atoms with Crippen molar-refractivity contribution >= 4 is 23.2 Å². The summed E-state index contributed by atoms with van der Waals surface area (Å²) in [4.78, 5) is 16.3. The third-order valence-electron chi connectivity index (χ3n) is 4.35. The number of carbonyl (C=O) groups is 1. The highest BCUT2D eigenvalue weighted by molar-refractivity contribution is 6.33. The van der Waals surface area contributed by atoms with Gasteiger partial charge in [-0.1, -0.05) is 54.1 Å². The molecule has 3 rings (SSSR count). The zero-order valence-electron chi connectivity index (χ0n) is 13.4. The van der Waals surface area contributed by atoms with Crippen LogP contribution in [0.5, 0.6) is 0 Å². The van der Waals surface area contributed by atoms with Crippen molar-refractivity contribution in [2.75, 3.05) is 31.1 Å². The largest absolute Gasteiger partial charge is 0.388 e. The van der Waals surface area contributed by atoms with E-state index in [1.165, 1.54) is 0 Å². The van der Waals surface area contributed by atoms with E-state index in [9.17, 15) is 9.90 Å². The summed E-state index contributed by atoms with van der Waals surface area (Å²) < 4.78 is 0. The van der Waals surface area contributed by atoms with Crippen molar-refractivity contribution in [2.45, 2.75) is 12.5 Å². The SMILES string of the molecule is O=C1CN(CC[C@@H](O)c2ccccc2)CCN1c1ccccc1Cl. The van der Waals surface area contributed by atoms with Gasteiger partial charge in [0.15, 0.2) is 0 Å². The lowest BCUT2D eigenvalue weighted by molar-refractivity contribution is -0.121. The Morgan fingerprint density at radius 1 is 1.04 bits per heavy atom. The molecule has 5 heteroatoms. The maximum absolute atomic E-state index is 12.4. The number of nitrogens with zero attached hydrogens (tertiary/aromatic N) is 2. The van der Waals surface area contributed by atoms with Crippen LogP contribution in [0.4, 0.5) is 5.69 Å². The summed E-state index contributed by atoms with van der Waals surface area (Å²) in [5.41, 5.74) is 1.69. The number of hydrogen-bond donors (Lipinski definition) is 1. The van der Waals surface area contributed by atoms with E-state index in [1.54, 1.807) is 11.0 Å². The number of aliphatic hydroxyl groups is 1. The fourth-order valence-corrected chi connectivity index (χ4v) is 3.22. The minimum atomic E-state index is -0.497. The maximum Gasteiger partial charge on any atom is 0.241 e. The van der Waals surface area contributed by atoms with Crippen LogP contribution >= 0.6 is 11.6 Å². The van der Waals surface area contributed by atoms with Gasteiger partial charge in [-0.3, -0.25) is 9.69 Å². The summed E-state index contributed by atoms with van der Waals surface area (Å²) >= 11 is 6.19. The highest BCUT2D eigenvalue weighted by atomic mass is 35.5. The minimum absolute atomic E-state index is 0.0450. The van der Waals surface area contributed by atoms with Crippen LogP contribution in [0, 0.1) is 0 Å². The molecule has 1 heterocycles. The van der Waals surface area contributed by atoms with Gasteiger partial charge < -0.3 is 10.0 Å². The third-order valence-corrected chi connectivity index (χ3v) is 4.67. The van der Waals surface area contributed by atoms with Crippen molar-refractivity contribution in [3.05, 3.63) is 65.2 Å². The molecule has 2 aromatic carbocycles. The molecule has 1 aliphatic heterocycles. The normalized spacial score (nSPS) is 17.1. The van der Waals surface area contributed by atoms with Crippen LogP contribution in [0.25, 0.3) is 0 Å². The molecule has 1 N–H and O–H groups in total. The molecule has 0 aliphatic carbocycles. The first-order chi connectivity index (χ1) is 11.6. The van der Waals surface area contributed by atoms with Crippen molar-refractivity contribution < 1.29 is 9.90 Å². The molecule has 126 valence electrons. The molecule has 1 amide bonds. The first-order valence-electron chi connectivity index (χ1n) is 8.15. The van der Waals surface area contributed by atoms with Crippen molar-refractivity contribution in [3.63, 3.8) is 0 Å². The Morgan fingerprint density at radius 3 is 2.46 bits per heavy atom. The van der Waals surface area contributed by atoms with Gasteiger partial charge in [-0.05, 0) is 24.1 Å². The van der Waals surface area contributed by atoms with Crippen molar-refractivity contribution in [3.8, 4) is 0 Å². The quantitative estimate of drug-likeness (QED) is 0.906. The Morgan fingerprint density at radius 2 is 1.75 bits per heavy atom. The number of para-hydroxylation sites is 1. The van der Waals surface area contributed by atoms with Crippen LogP contribution in [0.3, 0.4) is 0 Å². The van der Waals surface area contributed by atoms with E-state index in [1.807, 2.05) is 48.5 Å². The van der Waals surface area contributed by atoms with Crippen LogP contribution in [0.2, 0.25) is 5.02 Å². The summed E-state index contributed by atoms with van der Waals surface area (Å²) in [5.74, 6) is 0.0450. The van der Waals surface area contributed by atoms with Crippen LogP contribution < -0.4 is 4.90 Å². The van der Waals surface area contributed by atoms with Gasteiger partial charge in [-0.15, -0.1) is 0 Å². The molecule has 4 nitrogen and oxygen atoms in total. The Balaban J connectivity index is 1.54. The number of amides is 1. The Hall–Kier alpha value is -1.88. The monoisotopic (exact) mass is 344 g/mol. The molecule has 0 saturated carbocycles. The standard InChI is InChI=1S/C19H21ClN2O2/c20-16-8-4-5-9-17(16)22-13-12-21(14-19(22)24)11-10-18(23)15-6-2-1-3-7-15/h1-9,18,23H,10-14H2/t18-/m1/s1. The number of carbonyl (C=O) groups excluding carboxylic acids is 1. The summed E-state index contributed by atoms with van der Waals surface area (Å²) in [5, 5.41) is 10.8. The van der Waals surface area contributed by atoms with Crippen molar-refractivity contribution in [1.29, 1.82) is 0 Å². The molecule has 0 spiro atoms. The second kappa shape index (κ2) is 7.79. The second-order valence-corrected chi connectivity index (χ2v) is 6.40. The second-order valence-electron chi connectivity index (χ2n) is 5.99. The topological polar surface area (TPSA) is 43.8 Å². The molecule has 1 fully saturated rings. The van der Waals surface area contributed by atoms with Crippen molar-refractivity contribution in [1.82, 2.24) is 4.90 Å². The van der Waals surface area contributed by atoms with Gasteiger partial charge in [0.25, 0.3) is 0 Å². The number of halogens is 1. The Kier molecular flexibility index (Phi) is 5.51. The molecular weight excluding hydrogens is 324 g/mol. The van der Waals surface area contributed by atoms with Crippen LogP contribution in [0.15, 0.2) is 54.6 Å². The predicted octanol–water partition coefficient (Wildman–Crippen LogP) is 3.11. The number of rotatable bonds is 5. The van der Waals surface area contributed by atoms with E-state index in [2.05, 4.69) is 4.90 Å². The highest BCUT2D eigenvalue weighted by Crippen LogP contribution is 2.26. The van der Waals surface area contributed by atoms with Gasteiger partial charge in [0.1, 0.15) is 0 Å². The molecular formula is C19H21ClN2O2. The molecule has 0 radical (unpaired) electrons. The maximum atomic E-state index is 12.4. The summed E-state index contributed by atoms with van der Waals surface area (Å²) in [6, 6.07) is 17.0. The van der Waals surface area contributed by atoms with Gasteiger partial charge in [-0.25, -0.2) is 0 Å². The molecule has 0 bridgehead atoms. The predicted molar refractivity (Wildman–Crippen MR) is 96.3 cm³/mol. The average Bonchev–Trinajstić information content (AvgIpc) is 2.61. The van der Waals surface area contributed by atoms with Crippen molar-refractivity contribution in [2.24, 2.45) is 0 Å². The van der Waals surface area contributed by atoms with Gasteiger partial charge in [0.2, 0.25) is 5.91 Å². The van der Waals surface area contributed by atoms with Gasteiger partial charge in [0.05, 0.1) is 23.4 Å². The smallest absolute Gasteiger partial charge is 0.241 e. The summed E-state index contributed by atoms with van der Waals surface area (Å²) in [6.45, 7) is 2.44. The first kappa shape index (κ1) is 17.0. The number of hydrogen-bond acceptors (Lipinski definition) is 3. The zero-order valence-corrected chi connectivity index (χ0v) is 14.2. The van der Waals surface area contributed by atoms with Gasteiger partial charge in [0, 0.05) is 19.6 Å². The molecule has 0 aromatic heterocycles. The molecule has 0 unspecified atom stereocenters. The lowest BCUT2D eigenvalue weighted by Gasteiger charge is -2.35. The molecule has 2 aromatic rings. The van der Waals surface area contributed by atoms with E-state index in [0.29, 0.717) is 31.1 Å². The van der Waals surface area contributed by atoms with Crippen LogP contribution in [-0.2, 0) is 4.79 Å². The minimum Gasteiger partial charge on any atom is -0.388 e. The number of piperazine rings is 1. The van der Waals surface area contributed by atoms with E-state index in [4.69, 9.17) is 11.6 Å². The number of benzene rings is 2. The Labute approximate surface area is 147 Å². The third kappa shape index (κ3) is 3.96. The van der Waals surface area contributed by atoms with Gasteiger partial charge >= 0.3 is 0 Å². The molecule has 24 heavy (non-hydrogen) atoms. The first-order valence-corrected chi connectivity index (χ1v) is 8.53. The summed E-state index contributed by atoms with van der Waals surface area (Å²) in [6.07, 6.45) is 0.117. The molecule has 1 atom stereocenters. The average molecular weight is 345 g/mol. The van der Waals surface area contributed by atoms with Gasteiger partial charge in [-0.2, -0.15) is 0 Å². The zero-order chi connectivity index (χ0) is 16.9. The van der Waals surface area contributed by atoms with E-state index in [-0.39, 0.29) is 5.91 Å². The molecule has 1 aliphatic rings. The van der Waals surface area contributed by atoms with E-state index >= 15 is 0 Å². The number of aliphatic hydroxyl groups excluding tert-OH is 1. The fraction of sp³-hybridized carbons (Fsp3) is 0.316. The summed E-state index contributed by atoms with van der Waals surface area (Å²) in [7, 11) is 0. The molecule has 1 saturated heterocycles. The number of anilines is 1. The van der Waals surface area contributed by atoms with Crippen LogP contribution in [-0.4, -0.2) is 42.1 Å². The fourth-order valence-electron chi connectivity index (χ4n) is 2.98. The lowest BCUT2D eigenvalue weighted by Crippen LogP contribution is -2.50. The van der Waals surface area contributed by atoms with E-state index in [0.717, 1.165) is 17.8 Å². The lowest BCUT2D eigenvalue weighted by atomic mass is 10.1. The van der Waals surface area contributed by atoms with E-state index < -0.39 is 6.10 Å².